The number of nitrogens with zero attached hydrogens (tertiary/aromatic N) is 4. The molecule has 2 aromatic carbocycles. The van der Waals surface area contributed by atoms with Crippen molar-refractivity contribution in [3.8, 4) is 11.4 Å². The van der Waals surface area contributed by atoms with Crippen LogP contribution in [0, 0.1) is 12.3 Å². The van der Waals surface area contributed by atoms with E-state index in [2.05, 4.69) is 16.7 Å². The molecule has 1 aliphatic carbocycles. The van der Waals surface area contributed by atoms with E-state index in [-0.39, 0.29) is 36.4 Å². The minimum atomic E-state index is -3.71. The lowest BCUT2D eigenvalue weighted by Gasteiger charge is -2.35. The van der Waals surface area contributed by atoms with E-state index in [1.807, 2.05) is 24.0 Å². The highest BCUT2D eigenvalue weighted by atomic mass is 35.5. The third kappa shape index (κ3) is 6.22. The fraction of sp³-hybridized carbons (Fsp3) is 0.407. The highest BCUT2D eigenvalue weighted by Crippen LogP contribution is 2.45. The van der Waals surface area contributed by atoms with Crippen molar-refractivity contribution in [1.29, 1.82) is 0 Å². The Morgan fingerprint density at radius 2 is 1.87 bits per heavy atom. The highest BCUT2D eigenvalue weighted by molar-refractivity contribution is 7.87. The number of aromatic nitrogens is 2. The van der Waals surface area contributed by atoms with Gasteiger partial charge < -0.3 is 15.4 Å². The van der Waals surface area contributed by atoms with Crippen molar-refractivity contribution in [3.05, 3.63) is 75.2 Å². The van der Waals surface area contributed by atoms with Gasteiger partial charge in [-0.3, -0.25) is 4.79 Å². The Balaban J connectivity index is 1.31. The number of rotatable bonds is 9. The molecule has 39 heavy (non-hydrogen) atoms. The van der Waals surface area contributed by atoms with Gasteiger partial charge >= 0.3 is 5.56 Å². The summed E-state index contributed by atoms with van der Waals surface area (Å²) >= 11 is 6.14. The van der Waals surface area contributed by atoms with Gasteiger partial charge in [0.2, 0.25) is 5.75 Å². The molecule has 0 radical (unpaired) electrons. The molecule has 0 unspecified atom stereocenters. The fourth-order valence-electron chi connectivity index (χ4n) is 4.42. The van der Waals surface area contributed by atoms with Crippen LogP contribution in [-0.4, -0.2) is 55.3 Å². The Morgan fingerprint density at radius 1 is 1.13 bits per heavy atom. The third-order valence-corrected chi connectivity index (χ3v) is 9.15. The van der Waals surface area contributed by atoms with Gasteiger partial charge in [0, 0.05) is 48.8 Å². The molecule has 1 aliphatic heterocycles. The molecule has 2 aliphatic rings. The predicted molar refractivity (Wildman–Crippen MR) is 153 cm³/mol. The van der Waals surface area contributed by atoms with Crippen LogP contribution in [0.2, 0.25) is 5.02 Å². The molecule has 3 aromatic rings. The Bertz CT molecular complexity index is 1530. The minimum Gasteiger partial charge on any atom is -0.486 e. The summed E-state index contributed by atoms with van der Waals surface area (Å²) in [6.45, 7) is 5.87. The van der Waals surface area contributed by atoms with E-state index in [1.54, 1.807) is 36.5 Å². The van der Waals surface area contributed by atoms with Crippen LogP contribution in [0.4, 0.5) is 11.4 Å². The zero-order valence-corrected chi connectivity index (χ0v) is 23.6. The summed E-state index contributed by atoms with van der Waals surface area (Å²) in [6, 6.07) is 12.4. The van der Waals surface area contributed by atoms with Crippen molar-refractivity contribution in [2.24, 2.45) is 5.41 Å². The second-order valence-electron chi connectivity index (χ2n) is 10.6. The number of hydrogen-bond donors (Lipinski definition) is 2. The van der Waals surface area contributed by atoms with E-state index in [4.69, 9.17) is 22.1 Å². The summed E-state index contributed by atoms with van der Waals surface area (Å²) in [4.78, 5) is 15.5. The van der Waals surface area contributed by atoms with E-state index < -0.39 is 10.2 Å². The summed E-state index contributed by atoms with van der Waals surface area (Å²) < 4.78 is 37.5. The Kier molecular flexibility index (Phi) is 7.60. The molecule has 1 saturated heterocycles. The lowest BCUT2D eigenvalue weighted by molar-refractivity contribution is 0.242. The van der Waals surface area contributed by atoms with Crippen LogP contribution in [-0.2, 0) is 16.8 Å². The smallest absolute Gasteiger partial charge is 0.316 e. The average Bonchev–Trinajstić information content (AvgIpc) is 3.65. The van der Waals surface area contributed by atoms with E-state index in [0.717, 1.165) is 24.0 Å². The number of nitrogens with one attached hydrogen (secondary N) is 1. The van der Waals surface area contributed by atoms with Crippen LogP contribution in [0.3, 0.4) is 0 Å². The van der Waals surface area contributed by atoms with Gasteiger partial charge in [-0.1, -0.05) is 36.7 Å². The largest absolute Gasteiger partial charge is 0.486 e. The molecule has 0 spiro atoms. The number of ether oxygens (including phenoxy) is 1. The molecule has 0 bridgehead atoms. The second kappa shape index (κ2) is 10.8. The monoisotopic (exact) mass is 572 g/mol. The maximum Gasteiger partial charge on any atom is 0.316 e. The summed E-state index contributed by atoms with van der Waals surface area (Å²) in [5, 5.41) is 4.89. The van der Waals surface area contributed by atoms with Gasteiger partial charge in [0.05, 0.1) is 18.5 Å². The lowest BCUT2D eigenvalue weighted by atomic mass is 10.1. The number of hydrogen-bond acceptors (Lipinski definition) is 7. The first-order valence-corrected chi connectivity index (χ1v) is 14.7. The van der Waals surface area contributed by atoms with Crippen LogP contribution in [0.5, 0.6) is 5.75 Å². The molecule has 2 fully saturated rings. The normalized spacial score (nSPS) is 17.3. The first-order chi connectivity index (χ1) is 18.5. The molecule has 2 heterocycles. The number of aryl methyl sites for hydroxylation is 1. The number of nitrogens with two attached hydrogens (primary N) is 1. The lowest BCUT2D eigenvalue weighted by Crippen LogP contribution is -2.52. The van der Waals surface area contributed by atoms with E-state index in [1.165, 1.54) is 8.99 Å². The van der Waals surface area contributed by atoms with E-state index in [9.17, 15) is 13.2 Å². The third-order valence-electron chi connectivity index (χ3n) is 7.36. The van der Waals surface area contributed by atoms with Gasteiger partial charge in [0.15, 0.2) is 0 Å². The SMILES string of the molecule is Cc1ccc(CNS(=O)(=O)N2CCN(c3cnn(-c4cccc(Cl)c4)c(=O)c3OCC3(C)CC3)CC2)cc1N. The molecular weight excluding hydrogens is 540 g/mol. The van der Waals surface area contributed by atoms with Crippen molar-refractivity contribution >= 4 is 33.2 Å². The molecule has 1 saturated carbocycles. The number of halogens is 1. The maximum atomic E-state index is 13.6. The summed E-state index contributed by atoms with van der Waals surface area (Å²) in [6.07, 6.45) is 3.71. The van der Waals surface area contributed by atoms with Crippen LogP contribution >= 0.6 is 11.6 Å². The Labute approximate surface area is 233 Å². The molecule has 1 aromatic heterocycles. The number of benzene rings is 2. The first kappa shape index (κ1) is 27.4. The number of nitrogen functional groups attached to an aromatic ring is 1. The van der Waals surface area contributed by atoms with Gasteiger partial charge in [0.25, 0.3) is 10.2 Å². The molecule has 5 rings (SSSR count). The first-order valence-electron chi connectivity index (χ1n) is 12.9. The van der Waals surface area contributed by atoms with Gasteiger partial charge in [-0.2, -0.15) is 27.2 Å². The molecular formula is C27H33ClN6O4S. The fourth-order valence-corrected chi connectivity index (χ4v) is 5.78. The van der Waals surface area contributed by atoms with E-state index in [0.29, 0.717) is 41.8 Å². The predicted octanol–water partition coefficient (Wildman–Crippen LogP) is 3.11. The van der Waals surface area contributed by atoms with Crippen LogP contribution in [0.1, 0.15) is 30.9 Å². The Hall–Kier alpha value is -3.12. The quantitative estimate of drug-likeness (QED) is 0.378. The topological polar surface area (TPSA) is 123 Å². The highest BCUT2D eigenvalue weighted by Gasteiger charge is 2.39. The van der Waals surface area contributed by atoms with Gasteiger partial charge in [-0.25, -0.2) is 0 Å². The summed E-state index contributed by atoms with van der Waals surface area (Å²) in [5.41, 5.74) is 9.10. The van der Waals surface area contributed by atoms with Gasteiger partial charge in [-0.05, 0) is 55.2 Å². The molecule has 0 amide bonds. The van der Waals surface area contributed by atoms with Crippen molar-refractivity contribution in [3.63, 3.8) is 0 Å². The molecule has 3 N–H and O–H groups in total. The van der Waals surface area contributed by atoms with Crippen molar-refractivity contribution < 1.29 is 13.2 Å². The van der Waals surface area contributed by atoms with Crippen LogP contribution in [0.25, 0.3) is 5.69 Å². The number of anilines is 2. The van der Waals surface area contributed by atoms with Crippen LogP contribution < -0.4 is 25.7 Å². The summed E-state index contributed by atoms with van der Waals surface area (Å²) in [7, 11) is -3.71. The minimum absolute atomic E-state index is 0.0639. The molecule has 12 heteroatoms. The van der Waals surface area contributed by atoms with Gasteiger partial charge in [0.1, 0.15) is 5.69 Å². The molecule has 208 valence electrons. The zero-order valence-electron chi connectivity index (χ0n) is 22.1. The van der Waals surface area contributed by atoms with Crippen molar-refractivity contribution in [2.75, 3.05) is 43.4 Å². The zero-order chi connectivity index (χ0) is 27.8. The van der Waals surface area contributed by atoms with E-state index >= 15 is 0 Å². The van der Waals surface area contributed by atoms with Crippen molar-refractivity contribution in [1.82, 2.24) is 18.8 Å². The van der Waals surface area contributed by atoms with Crippen molar-refractivity contribution in [2.45, 2.75) is 33.2 Å². The Morgan fingerprint density at radius 3 is 2.54 bits per heavy atom. The van der Waals surface area contributed by atoms with Gasteiger partial charge in [-0.15, -0.1) is 0 Å². The van der Waals surface area contributed by atoms with Crippen LogP contribution in [0.15, 0.2) is 53.5 Å². The molecule has 0 atom stereocenters. The number of piperazine rings is 1. The standard InChI is InChI=1S/C27H33ClN6O4S/c1-19-6-7-20(14-23(19)29)16-31-39(36,37)33-12-10-32(11-13-33)24-17-30-34(22-5-3-4-21(28)15-22)26(35)25(24)38-18-27(2)8-9-27/h3-7,14-15,17,31H,8-13,16,18,29H2,1-2H3. The second-order valence-corrected chi connectivity index (χ2v) is 12.7. The molecule has 10 nitrogen and oxygen atoms in total. The average molecular weight is 573 g/mol. The summed E-state index contributed by atoms with van der Waals surface area (Å²) in [5.74, 6) is 0.212. The maximum absolute atomic E-state index is 13.6.